The molecule has 0 unspecified atom stereocenters. The fourth-order valence-electron chi connectivity index (χ4n) is 2.68. The van der Waals surface area contributed by atoms with E-state index in [4.69, 9.17) is 4.98 Å². The second kappa shape index (κ2) is 6.35. The molecule has 0 saturated carbocycles. The lowest BCUT2D eigenvalue weighted by atomic mass is 10.0. The van der Waals surface area contributed by atoms with Crippen LogP contribution in [0, 0.1) is 12.7 Å². The number of anilines is 3. The summed E-state index contributed by atoms with van der Waals surface area (Å²) in [4.78, 5) is 10.9. The maximum absolute atomic E-state index is 13.4. The first-order valence-electron chi connectivity index (χ1n) is 8.31. The zero-order chi connectivity index (χ0) is 18.2. The third-order valence-electron chi connectivity index (χ3n) is 3.87. The molecule has 0 atom stereocenters. The van der Waals surface area contributed by atoms with Gasteiger partial charge in [-0.3, -0.25) is 0 Å². The van der Waals surface area contributed by atoms with E-state index in [9.17, 15) is 4.39 Å². The van der Waals surface area contributed by atoms with Crippen molar-refractivity contribution in [1.29, 1.82) is 0 Å². The van der Waals surface area contributed by atoms with E-state index in [0.717, 1.165) is 23.5 Å². The average Bonchev–Trinajstić information content (AvgIpc) is 2.50. The van der Waals surface area contributed by atoms with Crippen LogP contribution in [0.15, 0.2) is 24.5 Å². The molecule has 3 heterocycles. The Labute approximate surface area is 148 Å². The number of nitrogens with zero attached hydrogens (tertiary/aromatic N) is 3. The highest BCUT2D eigenvalue weighted by atomic mass is 19.1. The van der Waals surface area contributed by atoms with Gasteiger partial charge in [0.05, 0.1) is 6.20 Å². The molecule has 5 nitrogen and oxygen atoms in total. The zero-order valence-corrected chi connectivity index (χ0v) is 15.3. The molecule has 0 aromatic carbocycles. The fraction of sp³-hybridized carbons (Fsp3) is 0.368. The number of hydrogen-bond acceptors (Lipinski definition) is 5. The van der Waals surface area contributed by atoms with Gasteiger partial charge in [0.1, 0.15) is 23.3 Å². The van der Waals surface area contributed by atoms with E-state index in [1.165, 1.54) is 6.20 Å². The summed E-state index contributed by atoms with van der Waals surface area (Å²) in [5, 5.41) is 6.67. The molecule has 25 heavy (non-hydrogen) atoms. The normalized spacial score (nSPS) is 13.6. The zero-order valence-electron chi connectivity index (χ0n) is 15.3. The minimum atomic E-state index is -0.315. The highest BCUT2D eigenvalue weighted by molar-refractivity contribution is 5.69. The Bertz CT molecular complexity index is 823. The molecule has 0 bridgehead atoms. The molecule has 0 radical (unpaired) electrons. The summed E-state index contributed by atoms with van der Waals surface area (Å²) in [6.07, 6.45) is 5.34. The lowest BCUT2D eigenvalue weighted by molar-refractivity contribution is 0.447. The number of halogens is 1. The molecule has 0 spiro atoms. The Morgan fingerprint density at radius 1 is 1.20 bits per heavy atom. The summed E-state index contributed by atoms with van der Waals surface area (Å²) in [6, 6.07) is 3.67. The Kier molecular flexibility index (Phi) is 4.37. The topological polar surface area (TPSA) is 53.1 Å². The molecule has 2 aromatic rings. The van der Waals surface area contributed by atoms with Crippen molar-refractivity contribution in [3.63, 3.8) is 0 Å². The minimum absolute atomic E-state index is 0.107. The number of pyridine rings is 2. The molecule has 1 aliphatic rings. The molecule has 2 aromatic heterocycles. The van der Waals surface area contributed by atoms with Crippen LogP contribution in [0.5, 0.6) is 0 Å². The van der Waals surface area contributed by atoms with Crippen molar-refractivity contribution < 1.29 is 4.39 Å². The summed E-state index contributed by atoms with van der Waals surface area (Å²) in [7, 11) is 2.04. The molecule has 6 heteroatoms. The van der Waals surface area contributed by atoms with Gasteiger partial charge in [0.15, 0.2) is 0 Å². The molecular weight excluding hydrogens is 317 g/mol. The van der Waals surface area contributed by atoms with Gasteiger partial charge in [-0.1, -0.05) is 0 Å². The number of nitrogens with one attached hydrogen (secondary N) is 2. The van der Waals surface area contributed by atoms with E-state index in [1.54, 1.807) is 13.0 Å². The molecule has 1 aliphatic heterocycles. The summed E-state index contributed by atoms with van der Waals surface area (Å²) >= 11 is 0. The molecule has 0 aliphatic carbocycles. The largest absolute Gasteiger partial charge is 0.376 e. The Balaban J connectivity index is 1.99. The van der Waals surface area contributed by atoms with Gasteiger partial charge >= 0.3 is 0 Å². The van der Waals surface area contributed by atoms with E-state index < -0.39 is 0 Å². The van der Waals surface area contributed by atoms with Crippen LogP contribution in [0.1, 0.15) is 37.5 Å². The Hall–Kier alpha value is -2.63. The fourth-order valence-corrected chi connectivity index (χ4v) is 2.68. The number of rotatable bonds is 3. The van der Waals surface area contributed by atoms with Gasteiger partial charge in [-0.2, -0.15) is 0 Å². The van der Waals surface area contributed by atoms with E-state index in [0.29, 0.717) is 17.2 Å². The van der Waals surface area contributed by atoms with Crippen molar-refractivity contribution in [2.24, 2.45) is 0 Å². The van der Waals surface area contributed by atoms with Crippen LogP contribution in [-0.2, 0) is 6.54 Å². The van der Waals surface area contributed by atoms with Crippen LogP contribution in [0.2, 0.25) is 0 Å². The third-order valence-corrected chi connectivity index (χ3v) is 3.87. The number of aromatic nitrogens is 2. The number of hydrogen-bond donors (Lipinski definition) is 2. The van der Waals surface area contributed by atoms with Crippen molar-refractivity contribution in [2.75, 3.05) is 17.7 Å². The van der Waals surface area contributed by atoms with E-state index >= 15 is 0 Å². The van der Waals surface area contributed by atoms with Gasteiger partial charge in [0, 0.05) is 24.7 Å². The second-order valence-corrected chi connectivity index (χ2v) is 7.47. The van der Waals surface area contributed by atoms with E-state index in [-0.39, 0.29) is 11.4 Å². The van der Waals surface area contributed by atoms with Crippen LogP contribution >= 0.6 is 0 Å². The van der Waals surface area contributed by atoms with Gasteiger partial charge < -0.3 is 15.5 Å². The van der Waals surface area contributed by atoms with Crippen molar-refractivity contribution in [3.8, 4) is 0 Å². The Morgan fingerprint density at radius 2 is 1.96 bits per heavy atom. The molecule has 132 valence electrons. The summed E-state index contributed by atoms with van der Waals surface area (Å²) < 4.78 is 13.4. The SMILES string of the molecule is Cc1cc(Nc2cc3c(c(NC(C)(C)C)n2)CN(C)C=C3)ncc1F. The third kappa shape index (κ3) is 4.07. The maximum Gasteiger partial charge on any atom is 0.144 e. The molecule has 3 rings (SSSR count). The first kappa shape index (κ1) is 17.2. The molecule has 0 amide bonds. The average molecular weight is 341 g/mol. The van der Waals surface area contributed by atoms with Gasteiger partial charge in [-0.25, -0.2) is 14.4 Å². The monoisotopic (exact) mass is 341 g/mol. The van der Waals surface area contributed by atoms with Crippen LogP contribution in [0.3, 0.4) is 0 Å². The highest BCUT2D eigenvalue weighted by Gasteiger charge is 2.19. The summed E-state index contributed by atoms with van der Waals surface area (Å²) in [5.41, 5.74) is 2.71. The summed E-state index contributed by atoms with van der Waals surface area (Å²) in [6.45, 7) is 8.83. The summed E-state index contributed by atoms with van der Waals surface area (Å²) in [5.74, 6) is 1.79. The van der Waals surface area contributed by atoms with Crippen molar-refractivity contribution in [2.45, 2.75) is 39.8 Å². The van der Waals surface area contributed by atoms with Gasteiger partial charge in [-0.15, -0.1) is 0 Å². The van der Waals surface area contributed by atoms with Gasteiger partial charge in [-0.05, 0) is 63.2 Å². The first-order valence-corrected chi connectivity index (χ1v) is 8.31. The lowest BCUT2D eigenvalue weighted by Crippen LogP contribution is -2.29. The lowest BCUT2D eigenvalue weighted by Gasteiger charge is -2.28. The quantitative estimate of drug-likeness (QED) is 0.872. The molecule has 0 saturated heterocycles. The molecular formula is C19H24FN5. The van der Waals surface area contributed by atoms with Gasteiger partial charge in [0.2, 0.25) is 0 Å². The molecule has 0 fully saturated rings. The predicted octanol–water partition coefficient (Wildman–Crippen LogP) is 4.29. The van der Waals surface area contributed by atoms with Gasteiger partial charge in [0.25, 0.3) is 0 Å². The van der Waals surface area contributed by atoms with Crippen LogP contribution in [0.4, 0.5) is 21.8 Å². The maximum atomic E-state index is 13.4. The van der Waals surface area contributed by atoms with E-state index in [1.807, 2.05) is 19.3 Å². The van der Waals surface area contributed by atoms with Crippen LogP contribution < -0.4 is 10.6 Å². The number of fused-ring (bicyclic) bond motifs is 1. The first-order chi connectivity index (χ1) is 11.7. The Morgan fingerprint density at radius 3 is 2.64 bits per heavy atom. The minimum Gasteiger partial charge on any atom is -0.376 e. The van der Waals surface area contributed by atoms with Crippen molar-refractivity contribution in [3.05, 3.63) is 47.0 Å². The second-order valence-electron chi connectivity index (χ2n) is 7.47. The smallest absolute Gasteiger partial charge is 0.144 e. The van der Waals surface area contributed by atoms with Crippen LogP contribution in [-0.4, -0.2) is 27.5 Å². The predicted molar refractivity (Wildman–Crippen MR) is 100 cm³/mol. The van der Waals surface area contributed by atoms with Crippen molar-refractivity contribution >= 4 is 23.5 Å². The van der Waals surface area contributed by atoms with Crippen LogP contribution in [0.25, 0.3) is 6.08 Å². The number of aryl methyl sites for hydroxylation is 1. The van der Waals surface area contributed by atoms with E-state index in [2.05, 4.69) is 47.4 Å². The standard InChI is InChI=1S/C19H24FN5/c1-12-8-16(21-10-15(12)20)22-17-9-13-6-7-25(5)11-14(13)18(23-17)24-19(2,3)4/h6-10H,11H2,1-5H3,(H2,21,22,23,24). The molecule has 2 N–H and O–H groups in total. The van der Waals surface area contributed by atoms with Crippen molar-refractivity contribution in [1.82, 2.24) is 14.9 Å². The highest BCUT2D eigenvalue weighted by Crippen LogP contribution is 2.30.